The number of imide groups is 1. The quantitative estimate of drug-likeness (QED) is 0.482. The fraction of sp³-hybridized carbons (Fsp3) is 0.250. The first-order chi connectivity index (χ1) is 17.9. The summed E-state index contributed by atoms with van der Waals surface area (Å²) < 4.78 is 7.53. The number of ether oxygens (including phenoxy) is 1. The van der Waals surface area contributed by atoms with Crippen molar-refractivity contribution in [2.24, 2.45) is 0 Å². The Hall–Kier alpha value is -3.82. The van der Waals surface area contributed by atoms with Crippen molar-refractivity contribution >= 4 is 46.3 Å². The molecule has 3 aromatic rings. The normalized spacial score (nSPS) is 17.1. The topological polar surface area (TPSA) is 83.9 Å². The second-order valence-electron chi connectivity index (χ2n) is 8.93. The number of hydrogen-bond acceptors (Lipinski definition) is 6. The number of morpholine rings is 1. The van der Waals surface area contributed by atoms with E-state index in [1.165, 1.54) is 0 Å². The lowest BCUT2D eigenvalue weighted by molar-refractivity contribution is -0.127. The summed E-state index contributed by atoms with van der Waals surface area (Å²) >= 11 is 0.858. The maximum atomic E-state index is 13.1. The number of nitrogens with one attached hydrogen (secondary N) is 1. The molecule has 3 heterocycles. The van der Waals surface area contributed by atoms with Crippen molar-refractivity contribution in [3.63, 3.8) is 0 Å². The van der Waals surface area contributed by atoms with E-state index in [4.69, 9.17) is 4.74 Å². The largest absolute Gasteiger partial charge is 0.378 e. The highest BCUT2D eigenvalue weighted by molar-refractivity contribution is 8.18. The van der Waals surface area contributed by atoms with E-state index in [0.29, 0.717) is 23.8 Å². The van der Waals surface area contributed by atoms with Gasteiger partial charge in [-0.05, 0) is 67.6 Å². The van der Waals surface area contributed by atoms with E-state index in [-0.39, 0.29) is 6.54 Å². The number of rotatable bonds is 6. The van der Waals surface area contributed by atoms with Crippen LogP contribution in [-0.2, 0) is 14.3 Å². The number of amides is 3. The molecule has 1 aromatic heterocycles. The van der Waals surface area contributed by atoms with Gasteiger partial charge in [0, 0.05) is 30.2 Å². The summed E-state index contributed by atoms with van der Waals surface area (Å²) in [6.07, 6.45) is 1.73. The Morgan fingerprint density at radius 1 is 1.03 bits per heavy atom. The van der Waals surface area contributed by atoms with E-state index in [9.17, 15) is 14.4 Å². The van der Waals surface area contributed by atoms with Gasteiger partial charge in [-0.3, -0.25) is 19.3 Å². The molecule has 0 saturated carbocycles. The van der Waals surface area contributed by atoms with Crippen LogP contribution in [0, 0.1) is 13.8 Å². The number of benzene rings is 2. The van der Waals surface area contributed by atoms with Gasteiger partial charge in [-0.1, -0.05) is 30.3 Å². The molecule has 0 spiro atoms. The van der Waals surface area contributed by atoms with Crippen molar-refractivity contribution in [3.05, 3.63) is 82.5 Å². The lowest BCUT2D eigenvalue weighted by atomic mass is 10.2. The summed E-state index contributed by atoms with van der Waals surface area (Å²) in [7, 11) is 0. The lowest BCUT2D eigenvalue weighted by Gasteiger charge is -2.30. The SMILES string of the molecule is Cc1cc(/C=C2/SC(=O)N(CC(=O)Nc3ccccc3N3CCOCC3)C2=O)c(C)n1-c1ccccc1. The molecule has 0 atom stereocenters. The minimum Gasteiger partial charge on any atom is -0.378 e. The first-order valence-electron chi connectivity index (χ1n) is 12.1. The number of nitrogens with zero attached hydrogens (tertiary/aromatic N) is 3. The van der Waals surface area contributed by atoms with Gasteiger partial charge < -0.3 is 19.5 Å². The number of anilines is 2. The number of thioether (sulfide) groups is 1. The molecule has 190 valence electrons. The summed E-state index contributed by atoms with van der Waals surface area (Å²) in [6.45, 7) is 6.34. The van der Waals surface area contributed by atoms with Gasteiger partial charge in [-0.15, -0.1) is 0 Å². The van der Waals surface area contributed by atoms with Crippen LogP contribution in [0.1, 0.15) is 17.0 Å². The average molecular weight is 517 g/mol. The molecule has 0 radical (unpaired) electrons. The van der Waals surface area contributed by atoms with Gasteiger partial charge in [0.1, 0.15) is 6.54 Å². The molecule has 2 fully saturated rings. The van der Waals surface area contributed by atoms with Crippen molar-refractivity contribution in [3.8, 4) is 5.69 Å². The van der Waals surface area contributed by atoms with Crippen LogP contribution in [0.4, 0.5) is 16.2 Å². The van der Waals surface area contributed by atoms with Crippen molar-refractivity contribution in [1.82, 2.24) is 9.47 Å². The van der Waals surface area contributed by atoms with Crippen LogP contribution in [0.3, 0.4) is 0 Å². The third kappa shape index (κ3) is 5.19. The zero-order valence-corrected chi connectivity index (χ0v) is 21.6. The van der Waals surface area contributed by atoms with E-state index in [1.807, 2.05) is 74.5 Å². The third-order valence-corrected chi connectivity index (χ3v) is 7.38. The van der Waals surface area contributed by atoms with Gasteiger partial charge in [0.2, 0.25) is 5.91 Å². The van der Waals surface area contributed by atoms with Gasteiger partial charge in [-0.25, -0.2) is 0 Å². The van der Waals surface area contributed by atoms with E-state index in [1.54, 1.807) is 6.08 Å². The molecule has 0 unspecified atom stereocenters. The van der Waals surface area contributed by atoms with Crippen LogP contribution in [0.25, 0.3) is 11.8 Å². The summed E-state index contributed by atoms with van der Waals surface area (Å²) in [5.41, 5.74) is 5.41. The smallest absolute Gasteiger partial charge is 0.294 e. The summed E-state index contributed by atoms with van der Waals surface area (Å²) in [5, 5.41) is 2.42. The first kappa shape index (κ1) is 24.9. The molecule has 0 aliphatic carbocycles. The molecule has 8 nitrogen and oxygen atoms in total. The molecule has 1 N–H and O–H groups in total. The average Bonchev–Trinajstić information content (AvgIpc) is 3.34. The molecule has 2 saturated heterocycles. The summed E-state index contributed by atoms with van der Waals surface area (Å²) in [6, 6.07) is 19.5. The molecule has 2 aromatic carbocycles. The van der Waals surface area contributed by atoms with Crippen LogP contribution in [0.5, 0.6) is 0 Å². The van der Waals surface area contributed by atoms with E-state index < -0.39 is 17.1 Å². The minimum atomic E-state index is -0.462. The summed E-state index contributed by atoms with van der Waals surface area (Å²) in [4.78, 5) is 42.1. The second-order valence-corrected chi connectivity index (χ2v) is 9.92. The molecular formula is C28H28N4O4S. The van der Waals surface area contributed by atoms with Crippen LogP contribution < -0.4 is 10.2 Å². The predicted octanol–water partition coefficient (Wildman–Crippen LogP) is 4.61. The number of hydrogen-bond donors (Lipinski definition) is 1. The number of aromatic nitrogens is 1. The van der Waals surface area contributed by atoms with Crippen molar-refractivity contribution < 1.29 is 19.1 Å². The van der Waals surface area contributed by atoms with Crippen LogP contribution in [0.15, 0.2) is 65.6 Å². The van der Waals surface area contributed by atoms with Gasteiger partial charge in [-0.2, -0.15) is 0 Å². The molecule has 5 rings (SSSR count). The van der Waals surface area contributed by atoms with Crippen LogP contribution >= 0.6 is 11.8 Å². The summed E-state index contributed by atoms with van der Waals surface area (Å²) in [5.74, 6) is -0.886. The van der Waals surface area contributed by atoms with Gasteiger partial charge in [0.15, 0.2) is 0 Å². The Balaban J connectivity index is 1.30. The maximum Gasteiger partial charge on any atom is 0.294 e. The fourth-order valence-electron chi connectivity index (χ4n) is 4.68. The fourth-order valence-corrected chi connectivity index (χ4v) is 5.51. The number of carbonyl (C=O) groups excluding carboxylic acids is 3. The minimum absolute atomic E-state index is 0.305. The van der Waals surface area contributed by atoms with E-state index in [0.717, 1.165) is 58.1 Å². The monoisotopic (exact) mass is 516 g/mol. The Morgan fingerprint density at radius 2 is 1.73 bits per heavy atom. The van der Waals surface area contributed by atoms with Crippen molar-refractivity contribution in [2.75, 3.05) is 43.1 Å². The Kier molecular flexibility index (Phi) is 7.16. The highest BCUT2D eigenvalue weighted by Gasteiger charge is 2.36. The first-order valence-corrected chi connectivity index (χ1v) is 13.0. The van der Waals surface area contributed by atoms with E-state index in [2.05, 4.69) is 14.8 Å². The van der Waals surface area contributed by atoms with Gasteiger partial charge >= 0.3 is 0 Å². The van der Waals surface area contributed by atoms with Crippen molar-refractivity contribution in [1.29, 1.82) is 0 Å². The van der Waals surface area contributed by atoms with E-state index >= 15 is 0 Å². The molecule has 3 amide bonds. The molecule has 9 heteroatoms. The molecule has 0 bridgehead atoms. The van der Waals surface area contributed by atoms with Crippen LogP contribution in [0.2, 0.25) is 0 Å². The Morgan fingerprint density at radius 3 is 2.49 bits per heavy atom. The van der Waals surface area contributed by atoms with Gasteiger partial charge in [0.25, 0.3) is 11.1 Å². The number of aryl methyl sites for hydroxylation is 1. The van der Waals surface area contributed by atoms with Gasteiger partial charge in [0.05, 0.1) is 29.5 Å². The Labute approximate surface area is 219 Å². The highest BCUT2D eigenvalue weighted by Crippen LogP contribution is 2.34. The van der Waals surface area contributed by atoms with Crippen molar-refractivity contribution in [2.45, 2.75) is 13.8 Å². The highest BCUT2D eigenvalue weighted by atomic mass is 32.2. The molecule has 2 aliphatic heterocycles. The number of carbonyl (C=O) groups is 3. The lowest BCUT2D eigenvalue weighted by Crippen LogP contribution is -2.38. The number of para-hydroxylation sites is 3. The third-order valence-electron chi connectivity index (χ3n) is 6.48. The van der Waals surface area contributed by atoms with Crippen LogP contribution in [-0.4, -0.2) is 59.4 Å². The Bertz CT molecular complexity index is 1380. The maximum absolute atomic E-state index is 13.1. The molecule has 2 aliphatic rings. The zero-order chi connectivity index (χ0) is 25.9. The molecular weight excluding hydrogens is 488 g/mol. The second kappa shape index (κ2) is 10.7. The molecule has 37 heavy (non-hydrogen) atoms. The standard InChI is InChI=1S/C28H28N4O4S/c1-19-16-21(20(2)32(19)22-8-4-3-5-9-22)17-25-27(34)31(28(35)37-25)18-26(33)29-23-10-6-7-11-24(23)30-12-14-36-15-13-30/h3-11,16-17H,12-15,18H2,1-2H3,(H,29,33)/b25-17+. The predicted molar refractivity (Wildman–Crippen MR) is 146 cm³/mol. The zero-order valence-electron chi connectivity index (χ0n) is 20.8.